The number of nitrogens with one attached hydrogen (secondary N) is 2. The maximum absolute atomic E-state index is 12.7. The lowest BCUT2D eigenvalue weighted by atomic mass is 9.87. The van der Waals surface area contributed by atoms with Gasteiger partial charge in [0.15, 0.2) is 22.8 Å². The van der Waals surface area contributed by atoms with Crippen molar-refractivity contribution in [1.29, 1.82) is 0 Å². The molecule has 1 aliphatic heterocycles. The minimum atomic E-state index is -5.57. The molecule has 29 heteroatoms. The summed E-state index contributed by atoms with van der Waals surface area (Å²) in [4.78, 5) is 87.1. The van der Waals surface area contributed by atoms with E-state index >= 15 is 0 Å². The number of phosphoric ester groups is 3. The van der Waals surface area contributed by atoms with Gasteiger partial charge in [-0.15, -0.1) is 0 Å². The van der Waals surface area contributed by atoms with Crippen LogP contribution in [0, 0.1) is 5.41 Å². The van der Waals surface area contributed by atoms with Crippen molar-refractivity contribution in [2.45, 2.75) is 76.8 Å². The van der Waals surface area contributed by atoms with Crippen LogP contribution in [0.4, 0.5) is 5.82 Å². The predicted octanol–water partition coefficient (Wildman–Crippen LogP) is -1.17. The topological polar surface area (TPSA) is 384 Å². The lowest BCUT2D eigenvalue weighted by molar-refractivity contribution is -0.137. The molecule has 1 aliphatic rings. The molecule has 55 heavy (non-hydrogen) atoms. The quantitative estimate of drug-likeness (QED) is 0.0492. The minimum Gasteiger partial charge on any atom is -0.393 e. The zero-order chi connectivity index (χ0) is 41.4. The lowest BCUT2D eigenvalue weighted by Crippen LogP contribution is -2.46. The van der Waals surface area contributed by atoms with Crippen LogP contribution in [0.1, 0.15) is 46.3 Å². The van der Waals surface area contributed by atoms with Crippen molar-refractivity contribution < 1.29 is 85.6 Å². The van der Waals surface area contributed by atoms with Crippen LogP contribution in [-0.4, -0.2) is 134 Å². The van der Waals surface area contributed by atoms with E-state index < -0.39 is 90.7 Å². The molecule has 0 saturated carbocycles. The Morgan fingerprint density at radius 3 is 2.38 bits per heavy atom. The predicted molar refractivity (Wildman–Crippen MR) is 188 cm³/mol. The van der Waals surface area contributed by atoms with Gasteiger partial charge in [-0.2, -0.15) is 4.31 Å². The van der Waals surface area contributed by atoms with Crippen molar-refractivity contribution in [2.24, 2.45) is 5.41 Å². The second-order valence-electron chi connectivity index (χ2n) is 12.6. The molecule has 2 aromatic rings. The Morgan fingerprint density at radius 2 is 1.73 bits per heavy atom. The van der Waals surface area contributed by atoms with E-state index in [1.54, 1.807) is 6.92 Å². The first-order chi connectivity index (χ1) is 25.4. The third-order valence-corrected chi connectivity index (χ3v) is 11.6. The van der Waals surface area contributed by atoms with Crippen molar-refractivity contribution >= 4 is 69.1 Å². The summed E-state index contributed by atoms with van der Waals surface area (Å²) in [7, 11) is -16.4. The van der Waals surface area contributed by atoms with Crippen LogP contribution >= 0.6 is 35.2 Å². The van der Waals surface area contributed by atoms with Crippen LogP contribution in [0.2, 0.25) is 0 Å². The smallest absolute Gasteiger partial charge is 0.393 e. The summed E-state index contributed by atoms with van der Waals surface area (Å²) in [5.41, 5.74) is 4.23. The van der Waals surface area contributed by atoms with Gasteiger partial charge in [0.1, 0.15) is 36.3 Å². The standard InChI is InChI=1S/C26H44N7O18P3S/c1-4-14(34)9-17(36)55-8-7-28-16(35)5-6-29-24(39)21(38)26(2,3)11-48-54(45,46)51-53(43,44)47-10-15-20(50-52(40,41)42)19(37)25(49-15)33-13-32-18-22(27)30-12-31-23(18)33/h12-15,19-21,25,34,37-38H,4-11H2,1-3H3,(H,28,35)(H,29,39)(H,43,44)(H,45,46)(H2,27,30,31)(H2,40,41,42)/t14?,15-,19-,20-,21?,25-/m1/s1. The summed E-state index contributed by atoms with van der Waals surface area (Å²) < 4.78 is 62.0. The fraction of sp³-hybridized carbons (Fsp3) is 0.692. The molecule has 2 amide bonds. The van der Waals surface area contributed by atoms with E-state index in [4.69, 9.17) is 19.5 Å². The number of fused-ring (bicyclic) bond motifs is 1. The number of carbonyl (C=O) groups excluding carboxylic acids is 3. The number of ether oxygens (including phenoxy) is 1. The molecule has 0 radical (unpaired) electrons. The number of carbonyl (C=O) groups is 3. The molecule has 8 atom stereocenters. The summed E-state index contributed by atoms with van der Waals surface area (Å²) in [6.45, 7) is 2.11. The maximum atomic E-state index is 12.7. The first-order valence-corrected chi connectivity index (χ1v) is 21.7. The average molecular weight is 868 g/mol. The Labute approximate surface area is 317 Å². The van der Waals surface area contributed by atoms with Gasteiger partial charge in [0.05, 0.1) is 25.6 Å². The number of nitrogen functional groups attached to an aromatic ring is 1. The second-order valence-corrected chi connectivity index (χ2v) is 17.9. The fourth-order valence-electron chi connectivity index (χ4n) is 4.69. The van der Waals surface area contributed by atoms with E-state index in [0.29, 0.717) is 6.42 Å². The molecule has 3 rings (SSSR count). The second kappa shape index (κ2) is 19.8. The number of aliphatic hydroxyl groups excluding tert-OH is 3. The van der Waals surface area contributed by atoms with Gasteiger partial charge in [-0.1, -0.05) is 32.5 Å². The fourth-order valence-corrected chi connectivity index (χ4v) is 8.26. The highest BCUT2D eigenvalue weighted by atomic mass is 32.2. The molecule has 3 heterocycles. The van der Waals surface area contributed by atoms with Crippen LogP contribution < -0.4 is 16.4 Å². The summed E-state index contributed by atoms with van der Waals surface area (Å²) in [6, 6.07) is 0. The number of thioether (sulfide) groups is 1. The van der Waals surface area contributed by atoms with E-state index in [2.05, 4.69) is 34.4 Å². The summed E-state index contributed by atoms with van der Waals surface area (Å²) in [6.07, 6.45) is -7.28. The first-order valence-electron chi connectivity index (χ1n) is 16.2. The Hall–Kier alpha value is -2.48. The number of rotatable bonds is 22. The number of aliphatic hydroxyl groups is 3. The highest BCUT2D eigenvalue weighted by Gasteiger charge is 2.50. The number of aromatic nitrogens is 4. The number of hydrogen-bond donors (Lipinski definition) is 10. The molecule has 25 nitrogen and oxygen atoms in total. The monoisotopic (exact) mass is 867 g/mol. The minimum absolute atomic E-state index is 0.00298. The molecule has 312 valence electrons. The molecule has 4 unspecified atom stereocenters. The van der Waals surface area contributed by atoms with Gasteiger partial charge in [-0.05, 0) is 6.42 Å². The van der Waals surface area contributed by atoms with Gasteiger partial charge in [-0.3, -0.25) is 32.5 Å². The van der Waals surface area contributed by atoms with Crippen LogP contribution in [0.3, 0.4) is 0 Å². The largest absolute Gasteiger partial charge is 0.481 e. The van der Waals surface area contributed by atoms with E-state index in [0.717, 1.165) is 29.0 Å². The van der Waals surface area contributed by atoms with Gasteiger partial charge in [0.2, 0.25) is 11.8 Å². The normalized spacial score (nSPS) is 22.4. The Bertz CT molecular complexity index is 1800. The number of amides is 2. The Balaban J connectivity index is 1.49. The third-order valence-electron chi connectivity index (χ3n) is 7.64. The molecule has 0 spiro atoms. The van der Waals surface area contributed by atoms with E-state index in [1.807, 2.05) is 0 Å². The summed E-state index contributed by atoms with van der Waals surface area (Å²) in [5, 5.41) is 35.5. The molecule has 0 bridgehead atoms. The summed E-state index contributed by atoms with van der Waals surface area (Å²) >= 11 is 0.954. The number of hydrogen-bond acceptors (Lipinski definition) is 19. The van der Waals surface area contributed by atoms with Gasteiger partial charge in [0, 0.05) is 37.1 Å². The molecular formula is C26H44N7O18P3S. The SMILES string of the molecule is CCC(O)CC(=O)SCCNC(=O)CCNC(=O)C(O)C(C)(C)COP(=O)(O)OP(=O)(O)OC[C@H]1O[C@@H](n2cnc3c(N)ncnc32)[C@H](O)[C@@H]1OP(=O)(O)O. The third kappa shape index (κ3) is 14.4. The first kappa shape index (κ1) is 46.9. The van der Waals surface area contributed by atoms with Crippen LogP contribution in [-0.2, 0) is 50.7 Å². The molecule has 1 saturated heterocycles. The number of nitrogens with two attached hydrogens (primary N) is 1. The Kier molecular flexibility index (Phi) is 16.9. The van der Waals surface area contributed by atoms with Crippen molar-refractivity contribution in [1.82, 2.24) is 30.2 Å². The maximum Gasteiger partial charge on any atom is 0.481 e. The van der Waals surface area contributed by atoms with Crippen LogP contribution in [0.5, 0.6) is 0 Å². The van der Waals surface area contributed by atoms with Gasteiger partial charge in [-0.25, -0.2) is 28.6 Å². The molecule has 0 aliphatic carbocycles. The zero-order valence-electron chi connectivity index (χ0n) is 29.5. The van der Waals surface area contributed by atoms with Crippen LogP contribution in [0.15, 0.2) is 12.7 Å². The molecule has 2 aromatic heterocycles. The van der Waals surface area contributed by atoms with Crippen molar-refractivity contribution in [3.05, 3.63) is 12.7 Å². The van der Waals surface area contributed by atoms with E-state index in [-0.39, 0.29) is 53.8 Å². The molecular weight excluding hydrogens is 823 g/mol. The van der Waals surface area contributed by atoms with Crippen molar-refractivity contribution in [3.63, 3.8) is 0 Å². The van der Waals surface area contributed by atoms with Gasteiger partial charge < -0.3 is 56.0 Å². The van der Waals surface area contributed by atoms with Crippen molar-refractivity contribution in [3.8, 4) is 0 Å². The molecule has 0 aromatic carbocycles. The number of imidazole rings is 1. The number of nitrogens with zero attached hydrogens (tertiary/aromatic N) is 4. The average Bonchev–Trinajstić information content (AvgIpc) is 3.64. The zero-order valence-corrected chi connectivity index (χ0v) is 33.0. The number of anilines is 1. The van der Waals surface area contributed by atoms with E-state index in [9.17, 15) is 63.0 Å². The summed E-state index contributed by atoms with van der Waals surface area (Å²) in [5.74, 6) is -1.25. The highest BCUT2D eigenvalue weighted by Crippen LogP contribution is 2.61. The van der Waals surface area contributed by atoms with E-state index in [1.165, 1.54) is 13.8 Å². The van der Waals surface area contributed by atoms with Gasteiger partial charge >= 0.3 is 23.5 Å². The van der Waals surface area contributed by atoms with Gasteiger partial charge in [0.25, 0.3) is 0 Å². The Morgan fingerprint density at radius 1 is 1.05 bits per heavy atom. The number of phosphoric acid groups is 3. The molecule has 11 N–H and O–H groups in total. The van der Waals surface area contributed by atoms with Crippen molar-refractivity contribution in [2.75, 3.05) is 37.8 Å². The van der Waals surface area contributed by atoms with Crippen LogP contribution in [0.25, 0.3) is 11.2 Å². The lowest BCUT2D eigenvalue weighted by Gasteiger charge is -2.30. The highest BCUT2D eigenvalue weighted by molar-refractivity contribution is 8.13. The molecule has 1 fully saturated rings.